The minimum absolute atomic E-state index is 0.0761. The zero-order valence-electron chi connectivity index (χ0n) is 15.3. The lowest BCUT2D eigenvalue weighted by Crippen LogP contribution is -2.39. The minimum Gasteiger partial charge on any atom is -0.479 e. The number of aromatic amines is 2. The van der Waals surface area contributed by atoms with E-state index in [9.17, 15) is 27.9 Å². The molecule has 1 aromatic heterocycles. The van der Waals surface area contributed by atoms with Crippen molar-refractivity contribution in [3.8, 4) is 0 Å². The molecular formula is C18H16ClN3O6S. The number of sulfonamides is 1. The van der Waals surface area contributed by atoms with E-state index in [4.69, 9.17) is 11.6 Å². The van der Waals surface area contributed by atoms with Gasteiger partial charge >= 0.3 is 17.1 Å². The molecule has 1 heterocycles. The number of halogens is 1. The van der Waals surface area contributed by atoms with Crippen LogP contribution < -0.4 is 15.4 Å². The number of nitrogens with zero attached hydrogens (tertiary/aromatic N) is 1. The Morgan fingerprint density at radius 1 is 1.14 bits per heavy atom. The van der Waals surface area contributed by atoms with Gasteiger partial charge in [0.1, 0.15) is 0 Å². The highest BCUT2D eigenvalue weighted by Gasteiger charge is 2.37. The van der Waals surface area contributed by atoms with Gasteiger partial charge < -0.3 is 15.1 Å². The Kier molecular flexibility index (Phi) is 5.24. The second kappa shape index (κ2) is 7.37. The van der Waals surface area contributed by atoms with E-state index in [1.165, 1.54) is 18.2 Å². The zero-order valence-corrected chi connectivity index (χ0v) is 16.8. The number of aryl methyl sites for hydroxylation is 1. The van der Waals surface area contributed by atoms with Gasteiger partial charge in [-0.2, -0.15) is 0 Å². The van der Waals surface area contributed by atoms with E-state index in [0.717, 1.165) is 6.26 Å². The van der Waals surface area contributed by atoms with E-state index in [0.29, 0.717) is 9.87 Å². The monoisotopic (exact) mass is 437 g/mol. The molecule has 0 radical (unpaired) electrons. The average Bonchev–Trinajstić information content (AvgIpc) is 2.63. The molecule has 0 amide bonds. The lowest BCUT2D eigenvalue weighted by molar-refractivity contribution is -0.138. The molecule has 2 aromatic carbocycles. The van der Waals surface area contributed by atoms with E-state index in [1.54, 1.807) is 25.1 Å². The van der Waals surface area contributed by atoms with E-state index in [1.807, 2.05) is 0 Å². The Morgan fingerprint density at radius 3 is 2.28 bits per heavy atom. The third kappa shape index (κ3) is 3.76. The number of carboxylic acid groups (broad SMARTS) is 1. The smallest absolute Gasteiger partial charge is 0.332 e. The third-order valence-corrected chi connectivity index (χ3v) is 5.86. The summed E-state index contributed by atoms with van der Waals surface area (Å²) >= 11 is 6.39. The van der Waals surface area contributed by atoms with Crippen LogP contribution in [0.15, 0.2) is 46.0 Å². The number of carboxylic acids is 1. The fourth-order valence-corrected chi connectivity index (χ4v) is 4.46. The minimum atomic E-state index is -4.21. The number of anilines is 1. The van der Waals surface area contributed by atoms with E-state index in [2.05, 4.69) is 9.97 Å². The fraction of sp³-hybridized carbons (Fsp3) is 0.167. The van der Waals surface area contributed by atoms with Gasteiger partial charge in [0, 0.05) is 0 Å². The molecule has 1 unspecified atom stereocenters. The molecule has 0 aliphatic rings. The lowest BCUT2D eigenvalue weighted by Gasteiger charge is -2.30. The Hall–Kier alpha value is -3.11. The number of aromatic nitrogens is 2. The van der Waals surface area contributed by atoms with Crippen LogP contribution in [0, 0.1) is 6.92 Å². The summed E-state index contributed by atoms with van der Waals surface area (Å²) in [4.78, 5) is 40.4. The number of hydrogen-bond acceptors (Lipinski definition) is 5. The Labute approximate surface area is 169 Å². The Morgan fingerprint density at radius 2 is 1.72 bits per heavy atom. The van der Waals surface area contributed by atoms with E-state index < -0.39 is 33.2 Å². The van der Waals surface area contributed by atoms with Crippen molar-refractivity contribution in [1.29, 1.82) is 0 Å². The number of nitrogens with one attached hydrogen (secondary N) is 2. The molecule has 0 bridgehead atoms. The number of hydrogen-bond donors (Lipinski definition) is 3. The van der Waals surface area contributed by atoms with Crippen molar-refractivity contribution in [2.24, 2.45) is 0 Å². The van der Waals surface area contributed by atoms with Gasteiger partial charge in [0.15, 0.2) is 6.04 Å². The summed E-state index contributed by atoms with van der Waals surface area (Å²) in [7, 11) is -4.21. The normalized spacial score (nSPS) is 12.7. The highest BCUT2D eigenvalue weighted by Crippen LogP contribution is 2.40. The van der Waals surface area contributed by atoms with Gasteiger partial charge in [-0.05, 0) is 24.1 Å². The largest absolute Gasteiger partial charge is 0.479 e. The molecule has 0 aliphatic heterocycles. The van der Waals surface area contributed by atoms with Crippen LogP contribution in [0.25, 0.3) is 11.0 Å². The van der Waals surface area contributed by atoms with Crippen LogP contribution in [-0.2, 0) is 14.8 Å². The van der Waals surface area contributed by atoms with Crippen molar-refractivity contribution in [1.82, 2.24) is 9.97 Å². The fourth-order valence-electron chi connectivity index (χ4n) is 3.06. The number of carbonyl (C=O) groups is 1. The van der Waals surface area contributed by atoms with Crippen LogP contribution in [-0.4, -0.2) is 35.7 Å². The summed E-state index contributed by atoms with van der Waals surface area (Å²) in [5, 5.41) is 9.80. The molecule has 1 atom stereocenters. The molecule has 3 rings (SSSR count). The predicted molar refractivity (Wildman–Crippen MR) is 109 cm³/mol. The van der Waals surface area contributed by atoms with Crippen molar-refractivity contribution in [2.45, 2.75) is 13.0 Å². The first-order valence-corrected chi connectivity index (χ1v) is 10.5. The third-order valence-electron chi connectivity index (χ3n) is 4.28. The van der Waals surface area contributed by atoms with Gasteiger partial charge in [-0.3, -0.25) is 9.59 Å². The number of aliphatic carboxylic acids is 1. The predicted octanol–water partition coefficient (Wildman–Crippen LogP) is 1.77. The van der Waals surface area contributed by atoms with Crippen LogP contribution in [0.4, 0.5) is 5.69 Å². The number of rotatable bonds is 5. The van der Waals surface area contributed by atoms with Crippen LogP contribution in [0.2, 0.25) is 5.02 Å². The standard InChI is InChI=1S/C18H16ClN3O6S/c1-9-8-11-13(21-17(24)16(23)20-11)15(12(9)19)22(29(2,27)28)14(18(25)26)10-6-4-3-5-7-10/h3-8,14H,1-2H3,(H,20,23)(H,21,24)(H,25,26). The summed E-state index contributed by atoms with van der Waals surface area (Å²) in [5.74, 6) is -1.45. The maximum absolute atomic E-state index is 12.8. The molecule has 9 nitrogen and oxygen atoms in total. The van der Waals surface area contributed by atoms with Crippen molar-refractivity contribution in [2.75, 3.05) is 10.6 Å². The molecule has 152 valence electrons. The summed E-state index contributed by atoms with van der Waals surface area (Å²) in [6, 6.07) is 7.52. The molecule has 11 heteroatoms. The van der Waals surface area contributed by atoms with Crippen LogP contribution in [0.3, 0.4) is 0 Å². The van der Waals surface area contributed by atoms with Crippen LogP contribution in [0.1, 0.15) is 17.2 Å². The summed E-state index contributed by atoms with van der Waals surface area (Å²) in [6.07, 6.45) is 0.833. The van der Waals surface area contributed by atoms with Gasteiger partial charge in [-0.1, -0.05) is 41.9 Å². The zero-order chi connectivity index (χ0) is 21.5. The second-order valence-corrected chi connectivity index (χ2v) is 8.63. The van der Waals surface area contributed by atoms with Gasteiger partial charge in [-0.15, -0.1) is 0 Å². The first-order chi connectivity index (χ1) is 13.5. The van der Waals surface area contributed by atoms with Gasteiger partial charge in [0.2, 0.25) is 10.0 Å². The quantitative estimate of drug-likeness (QED) is 0.519. The number of fused-ring (bicyclic) bond motifs is 1. The Bertz CT molecular complexity index is 1330. The molecule has 3 N–H and O–H groups in total. The van der Waals surface area contributed by atoms with Crippen molar-refractivity contribution >= 4 is 44.3 Å². The van der Waals surface area contributed by atoms with Crippen LogP contribution in [0.5, 0.6) is 0 Å². The first kappa shape index (κ1) is 20.6. The van der Waals surface area contributed by atoms with Crippen molar-refractivity contribution in [3.05, 3.63) is 73.3 Å². The van der Waals surface area contributed by atoms with Crippen molar-refractivity contribution < 1.29 is 18.3 Å². The molecular weight excluding hydrogens is 422 g/mol. The highest BCUT2D eigenvalue weighted by atomic mass is 35.5. The SMILES string of the molecule is Cc1cc2[nH]c(=O)c(=O)[nH]c2c(N(C(C(=O)O)c2ccccc2)S(C)(=O)=O)c1Cl. The highest BCUT2D eigenvalue weighted by molar-refractivity contribution is 7.92. The molecule has 0 fully saturated rings. The molecule has 0 saturated carbocycles. The van der Waals surface area contributed by atoms with Crippen molar-refractivity contribution in [3.63, 3.8) is 0 Å². The summed E-state index contributed by atoms with van der Waals surface area (Å²) in [5.41, 5.74) is -1.64. The number of H-pyrrole nitrogens is 2. The maximum Gasteiger partial charge on any atom is 0.332 e. The lowest BCUT2D eigenvalue weighted by atomic mass is 10.1. The van der Waals surface area contributed by atoms with E-state index >= 15 is 0 Å². The summed E-state index contributed by atoms with van der Waals surface area (Å²) < 4.78 is 26.1. The van der Waals surface area contributed by atoms with Gasteiger partial charge in [-0.25, -0.2) is 17.5 Å². The van der Waals surface area contributed by atoms with Gasteiger partial charge in [0.05, 0.1) is 28.0 Å². The van der Waals surface area contributed by atoms with E-state index in [-0.39, 0.29) is 27.3 Å². The first-order valence-electron chi connectivity index (χ1n) is 8.25. The molecule has 3 aromatic rings. The second-order valence-electron chi connectivity index (χ2n) is 6.40. The summed E-state index contributed by atoms with van der Waals surface area (Å²) in [6.45, 7) is 1.56. The topological polar surface area (TPSA) is 140 Å². The molecule has 29 heavy (non-hydrogen) atoms. The Balaban J connectivity index is 2.48. The molecule has 0 saturated heterocycles. The molecule has 0 aliphatic carbocycles. The molecule has 0 spiro atoms. The maximum atomic E-state index is 12.8. The van der Waals surface area contributed by atoms with Gasteiger partial charge in [0.25, 0.3) is 0 Å². The van der Waals surface area contributed by atoms with Crippen LogP contribution >= 0.6 is 11.6 Å². The number of benzene rings is 2. The average molecular weight is 438 g/mol.